The van der Waals surface area contributed by atoms with Gasteiger partial charge in [-0.1, -0.05) is 30.3 Å². The van der Waals surface area contributed by atoms with Crippen LogP contribution in [0.3, 0.4) is 0 Å². The van der Waals surface area contributed by atoms with E-state index in [2.05, 4.69) is 6.07 Å². The number of rotatable bonds is 2. The van der Waals surface area contributed by atoms with Crippen LogP contribution in [0.25, 0.3) is 0 Å². The lowest BCUT2D eigenvalue weighted by Crippen LogP contribution is -2.24. The lowest BCUT2D eigenvalue weighted by molar-refractivity contribution is 0.205. The van der Waals surface area contributed by atoms with Crippen LogP contribution in [0, 0.1) is 6.07 Å². The van der Waals surface area contributed by atoms with E-state index in [-0.39, 0.29) is 0 Å². The maximum absolute atomic E-state index is 11.3. The third kappa shape index (κ3) is 2.20. The SMILES string of the molecule is Nc1ccc[c]c1N(C(=O)O)c1ccccc1. The minimum absolute atomic E-state index is 0.339. The molecule has 85 valence electrons. The first-order valence-corrected chi connectivity index (χ1v) is 5.04. The monoisotopic (exact) mass is 227 g/mol. The van der Waals surface area contributed by atoms with Crippen LogP contribution in [0.15, 0.2) is 48.5 Å². The van der Waals surface area contributed by atoms with Gasteiger partial charge in [0.05, 0.1) is 17.1 Å². The van der Waals surface area contributed by atoms with Gasteiger partial charge in [-0.15, -0.1) is 0 Å². The molecule has 0 spiro atoms. The lowest BCUT2D eigenvalue weighted by Gasteiger charge is -2.20. The summed E-state index contributed by atoms with van der Waals surface area (Å²) in [7, 11) is 0. The Hall–Kier alpha value is -2.49. The molecule has 0 atom stereocenters. The highest BCUT2D eigenvalue weighted by Crippen LogP contribution is 2.29. The Bertz CT molecular complexity index is 526. The van der Waals surface area contributed by atoms with Crippen LogP contribution < -0.4 is 10.6 Å². The first kappa shape index (κ1) is 11.0. The average Bonchev–Trinajstić information content (AvgIpc) is 2.33. The Morgan fingerprint density at radius 3 is 2.47 bits per heavy atom. The Morgan fingerprint density at radius 2 is 1.88 bits per heavy atom. The molecule has 0 aliphatic heterocycles. The zero-order valence-corrected chi connectivity index (χ0v) is 9.00. The van der Waals surface area contributed by atoms with E-state index in [9.17, 15) is 9.90 Å². The third-order valence-corrected chi connectivity index (χ3v) is 2.29. The van der Waals surface area contributed by atoms with Crippen molar-refractivity contribution in [2.75, 3.05) is 10.6 Å². The van der Waals surface area contributed by atoms with Crippen molar-refractivity contribution in [3.8, 4) is 0 Å². The summed E-state index contributed by atoms with van der Waals surface area (Å²) in [4.78, 5) is 12.4. The first-order valence-electron chi connectivity index (χ1n) is 5.04. The van der Waals surface area contributed by atoms with Gasteiger partial charge in [0, 0.05) is 6.07 Å². The van der Waals surface area contributed by atoms with E-state index < -0.39 is 6.09 Å². The highest BCUT2D eigenvalue weighted by atomic mass is 16.4. The molecule has 0 aliphatic rings. The Kier molecular flexibility index (Phi) is 2.96. The smallest absolute Gasteiger partial charge is 0.416 e. The number of carboxylic acid groups (broad SMARTS) is 1. The molecule has 4 heteroatoms. The molecule has 0 unspecified atom stereocenters. The zero-order valence-electron chi connectivity index (χ0n) is 9.00. The highest BCUT2D eigenvalue weighted by molar-refractivity contribution is 5.97. The molecular formula is C13H11N2O2. The molecule has 2 aromatic carbocycles. The van der Waals surface area contributed by atoms with E-state index in [0.717, 1.165) is 4.90 Å². The van der Waals surface area contributed by atoms with Crippen molar-refractivity contribution in [3.05, 3.63) is 54.6 Å². The molecule has 2 rings (SSSR count). The van der Waals surface area contributed by atoms with Gasteiger partial charge < -0.3 is 10.8 Å². The van der Waals surface area contributed by atoms with Crippen LogP contribution in [0.5, 0.6) is 0 Å². The van der Waals surface area contributed by atoms with Crippen molar-refractivity contribution in [2.45, 2.75) is 0 Å². The molecule has 0 aromatic heterocycles. The van der Waals surface area contributed by atoms with Gasteiger partial charge in [-0.25, -0.2) is 9.69 Å². The first-order chi connectivity index (χ1) is 8.20. The Balaban J connectivity index is 2.51. The second-order valence-electron chi connectivity index (χ2n) is 3.43. The molecule has 0 saturated heterocycles. The second-order valence-corrected chi connectivity index (χ2v) is 3.43. The number of hydrogen-bond acceptors (Lipinski definition) is 2. The Labute approximate surface area is 98.9 Å². The predicted octanol–water partition coefficient (Wildman–Crippen LogP) is 2.89. The lowest BCUT2D eigenvalue weighted by atomic mass is 10.2. The summed E-state index contributed by atoms with van der Waals surface area (Å²) in [6.45, 7) is 0. The summed E-state index contributed by atoms with van der Waals surface area (Å²) >= 11 is 0. The van der Waals surface area contributed by atoms with Crippen LogP contribution in [0.2, 0.25) is 0 Å². The van der Waals surface area contributed by atoms with Gasteiger partial charge in [0.15, 0.2) is 0 Å². The van der Waals surface area contributed by atoms with Crippen molar-refractivity contribution in [1.82, 2.24) is 0 Å². The number of para-hydroxylation sites is 2. The average molecular weight is 227 g/mol. The number of nitrogen functional groups attached to an aromatic ring is 1. The summed E-state index contributed by atoms with van der Waals surface area (Å²) < 4.78 is 0. The van der Waals surface area contributed by atoms with E-state index in [1.807, 2.05) is 6.07 Å². The highest BCUT2D eigenvalue weighted by Gasteiger charge is 2.18. The van der Waals surface area contributed by atoms with Crippen molar-refractivity contribution >= 4 is 23.2 Å². The molecule has 0 aliphatic carbocycles. The molecule has 1 amide bonds. The number of nitrogens with zero attached hydrogens (tertiary/aromatic N) is 1. The van der Waals surface area contributed by atoms with E-state index in [1.165, 1.54) is 0 Å². The summed E-state index contributed by atoms with van der Waals surface area (Å²) in [6.07, 6.45) is -1.09. The minimum Gasteiger partial charge on any atom is -0.464 e. The molecule has 0 fully saturated rings. The van der Waals surface area contributed by atoms with E-state index in [0.29, 0.717) is 17.1 Å². The largest absolute Gasteiger partial charge is 0.464 e. The van der Waals surface area contributed by atoms with Gasteiger partial charge in [0.25, 0.3) is 0 Å². The molecule has 4 nitrogen and oxygen atoms in total. The number of anilines is 3. The van der Waals surface area contributed by atoms with Crippen molar-refractivity contribution in [2.24, 2.45) is 0 Å². The summed E-state index contributed by atoms with van der Waals surface area (Å²) in [5.41, 5.74) is 7.01. The number of amides is 1. The van der Waals surface area contributed by atoms with Crippen LogP contribution in [-0.4, -0.2) is 11.2 Å². The van der Waals surface area contributed by atoms with Gasteiger partial charge in [-0.3, -0.25) is 0 Å². The molecule has 2 aromatic rings. The quantitative estimate of drug-likeness (QED) is 0.775. The van der Waals surface area contributed by atoms with Gasteiger partial charge in [0.1, 0.15) is 0 Å². The summed E-state index contributed by atoms with van der Waals surface area (Å²) in [6, 6.07) is 16.6. The minimum atomic E-state index is -1.09. The number of hydrogen-bond donors (Lipinski definition) is 2. The topological polar surface area (TPSA) is 66.6 Å². The van der Waals surface area contributed by atoms with Crippen molar-refractivity contribution in [3.63, 3.8) is 0 Å². The number of nitrogens with two attached hydrogens (primary N) is 1. The third-order valence-electron chi connectivity index (χ3n) is 2.29. The normalized spacial score (nSPS) is 9.88. The number of benzene rings is 2. The molecular weight excluding hydrogens is 216 g/mol. The molecule has 0 heterocycles. The molecule has 3 N–H and O–H groups in total. The molecule has 17 heavy (non-hydrogen) atoms. The van der Waals surface area contributed by atoms with Gasteiger partial charge in [-0.05, 0) is 18.2 Å². The van der Waals surface area contributed by atoms with Crippen LogP contribution >= 0.6 is 0 Å². The van der Waals surface area contributed by atoms with E-state index >= 15 is 0 Å². The van der Waals surface area contributed by atoms with E-state index in [1.54, 1.807) is 42.5 Å². The van der Waals surface area contributed by atoms with Crippen LogP contribution in [-0.2, 0) is 0 Å². The zero-order chi connectivity index (χ0) is 12.3. The van der Waals surface area contributed by atoms with Crippen LogP contribution in [0.1, 0.15) is 0 Å². The summed E-state index contributed by atoms with van der Waals surface area (Å²) in [5, 5.41) is 9.25. The molecule has 0 bridgehead atoms. The Morgan fingerprint density at radius 1 is 1.18 bits per heavy atom. The van der Waals surface area contributed by atoms with Gasteiger partial charge >= 0.3 is 6.09 Å². The second kappa shape index (κ2) is 4.57. The van der Waals surface area contributed by atoms with Gasteiger partial charge in [0.2, 0.25) is 0 Å². The van der Waals surface area contributed by atoms with Crippen LogP contribution in [0.4, 0.5) is 21.9 Å². The fourth-order valence-corrected chi connectivity index (χ4v) is 1.55. The standard InChI is InChI=1S/C13H11N2O2/c14-11-8-4-5-9-12(11)15(13(16)17)10-6-2-1-3-7-10/h1-8H,14H2,(H,16,17). The maximum atomic E-state index is 11.3. The van der Waals surface area contributed by atoms with Crippen molar-refractivity contribution in [1.29, 1.82) is 0 Å². The van der Waals surface area contributed by atoms with E-state index in [4.69, 9.17) is 5.73 Å². The number of carbonyl (C=O) groups is 1. The van der Waals surface area contributed by atoms with Crippen molar-refractivity contribution < 1.29 is 9.90 Å². The maximum Gasteiger partial charge on any atom is 0.416 e. The predicted molar refractivity (Wildman–Crippen MR) is 66.3 cm³/mol. The fraction of sp³-hybridized carbons (Fsp3) is 0. The summed E-state index contributed by atoms with van der Waals surface area (Å²) in [5.74, 6) is 0. The molecule has 0 saturated carbocycles. The van der Waals surface area contributed by atoms with Gasteiger partial charge in [-0.2, -0.15) is 0 Å². The molecule has 1 radical (unpaired) electrons. The fourth-order valence-electron chi connectivity index (χ4n) is 1.55.